The number of Topliss-reactive ketones (excluding diaryl/α,β-unsaturated/α-hetero) is 1. The average molecular weight is 222 g/mol. The van der Waals surface area contributed by atoms with Gasteiger partial charge in [0.25, 0.3) is 0 Å². The molecular weight excluding hydrogens is 196 g/mol. The molecule has 1 aliphatic rings. The second kappa shape index (κ2) is 8.55. The Morgan fingerprint density at radius 2 is 1.38 bits per heavy atom. The molecule has 92 valence electrons. The molecule has 1 rings (SSSR count). The van der Waals surface area contributed by atoms with Gasteiger partial charge in [-0.05, 0) is 31.3 Å². The molecule has 16 heavy (non-hydrogen) atoms. The van der Waals surface area contributed by atoms with Crippen LogP contribution in [0.5, 0.6) is 0 Å². The summed E-state index contributed by atoms with van der Waals surface area (Å²) < 4.78 is 0. The Bertz CT molecular complexity index is 228. The zero-order chi connectivity index (χ0) is 11.6. The van der Waals surface area contributed by atoms with E-state index in [1.54, 1.807) is 0 Å². The van der Waals surface area contributed by atoms with Crippen LogP contribution in [0.2, 0.25) is 0 Å². The molecule has 0 radical (unpaired) electrons. The van der Waals surface area contributed by atoms with E-state index in [-0.39, 0.29) is 0 Å². The van der Waals surface area contributed by atoms with Crippen LogP contribution < -0.4 is 0 Å². The highest BCUT2D eigenvalue weighted by atomic mass is 16.1. The Labute approximate surface area is 100 Å². The second-order valence-corrected chi connectivity index (χ2v) is 4.89. The molecule has 0 heterocycles. The Kier molecular flexibility index (Phi) is 7.20. The van der Waals surface area contributed by atoms with Gasteiger partial charge in [0.05, 0.1) is 0 Å². The van der Waals surface area contributed by atoms with Crippen LogP contribution in [0.3, 0.4) is 0 Å². The fraction of sp³-hybridized carbons (Fsp3) is 0.800. The summed E-state index contributed by atoms with van der Waals surface area (Å²) in [6.45, 7) is 2.12. The fourth-order valence-electron chi connectivity index (χ4n) is 2.42. The first-order chi connectivity index (χ1) is 7.84. The lowest BCUT2D eigenvalue weighted by molar-refractivity contribution is -0.115. The quantitative estimate of drug-likeness (QED) is 0.582. The molecule has 0 bridgehead atoms. The van der Waals surface area contributed by atoms with Gasteiger partial charge in [0.2, 0.25) is 0 Å². The number of hydrogen-bond donors (Lipinski definition) is 0. The first-order valence-electron chi connectivity index (χ1n) is 7.07. The summed E-state index contributed by atoms with van der Waals surface area (Å²) in [6, 6.07) is 0. The summed E-state index contributed by atoms with van der Waals surface area (Å²) in [4.78, 5) is 12.0. The van der Waals surface area contributed by atoms with Gasteiger partial charge in [-0.1, -0.05) is 51.5 Å². The van der Waals surface area contributed by atoms with Crippen molar-refractivity contribution in [2.45, 2.75) is 77.6 Å². The van der Waals surface area contributed by atoms with Crippen molar-refractivity contribution < 1.29 is 4.79 Å². The van der Waals surface area contributed by atoms with E-state index in [0.717, 1.165) is 31.3 Å². The minimum atomic E-state index is 0.419. The van der Waals surface area contributed by atoms with Crippen LogP contribution >= 0.6 is 0 Å². The minimum Gasteiger partial charge on any atom is -0.295 e. The number of carbonyl (C=O) groups is 1. The van der Waals surface area contributed by atoms with Crippen LogP contribution in [0.25, 0.3) is 0 Å². The van der Waals surface area contributed by atoms with Gasteiger partial charge in [-0.15, -0.1) is 0 Å². The van der Waals surface area contributed by atoms with Crippen molar-refractivity contribution in [1.29, 1.82) is 0 Å². The summed E-state index contributed by atoms with van der Waals surface area (Å²) in [7, 11) is 0. The van der Waals surface area contributed by atoms with Gasteiger partial charge in [-0.2, -0.15) is 0 Å². The van der Waals surface area contributed by atoms with Crippen molar-refractivity contribution in [1.82, 2.24) is 0 Å². The molecule has 0 atom stereocenters. The average Bonchev–Trinajstić information content (AvgIpc) is 2.28. The smallest absolute Gasteiger partial charge is 0.158 e. The van der Waals surface area contributed by atoms with Crippen molar-refractivity contribution in [3.63, 3.8) is 0 Å². The lowest BCUT2D eigenvalue weighted by atomic mass is 9.96. The van der Waals surface area contributed by atoms with Gasteiger partial charge >= 0.3 is 0 Å². The van der Waals surface area contributed by atoms with E-state index in [0.29, 0.717) is 5.78 Å². The van der Waals surface area contributed by atoms with Crippen molar-refractivity contribution in [3.8, 4) is 0 Å². The van der Waals surface area contributed by atoms with Crippen LogP contribution in [-0.4, -0.2) is 5.78 Å². The highest BCUT2D eigenvalue weighted by Crippen LogP contribution is 2.18. The zero-order valence-corrected chi connectivity index (χ0v) is 10.8. The summed E-state index contributed by atoms with van der Waals surface area (Å²) in [6.07, 6.45) is 15.2. The highest BCUT2D eigenvalue weighted by molar-refractivity contribution is 5.95. The van der Waals surface area contributed by atoms with Crippen LogP contribution in [0.4, 0.5) is 0 Å². The monoisotopic (exact) mass is 222 g/mol. The van der Waals surface area contributed by atoms with E-state index >= 15 is 0 Å². The normalized spacial score (nSPS) is 23.8. The molecule has 0 aromatic rings. The summed E-state index contributed by atoms with van der Waals surface area (Å²) in [5.41, 5.74) is 1.11. The lowest BCUT2D eigenvalue weighted by Gasteiger charge is -2.09. The molecule has 1 heteroatoms. The molecule has 0 N–H and O–H groups in total. The number of hydrogen-bond acceptors (Lipinski definition) is 1. The zero-order valence-electron chi connectivity index (χ0n) is 10.8. The van der Waals surface area contributed by atoms with E-state index in [1.165, 1.54) is 44.9 Å². The summed E-state index contributed by atoms with van der Waals surface area (Å²) >= 11 is 0. The van der Waals surface area contributed by atoms with Crippen LogP contribution in [0.15, 0.2) is 11.6 Å². The van der Waals surface area contributed by atoms with E-state index < -0.39 is 0 Å². The van der Waals surface area contributed by atoms with Crippen LogP contribution in [0.1, 0.15) is 77.6 Å². The van der Waals surface area contributed by atoms with Crippen molar-refractivity contribution in [2.75, 3.05) is 0 Å². The molecular formula is C15H26O. The third kappa shape index (κ3) is 5.48. The Morgan fingerprint density at radius 1 is 0.875 bits per heavy atom. The number of ketones is 1. The summed E-state index contributed by atoms with van der Waals surface area (Å²) in [5, 5.41) is 0. The van der Waals surface area contributed by atoms with Gasteiger partial charge in [-0.3, -0.25) is 4.79 Å². The maximum absolute atomic E-state index is 12.0. The predicted octanol–water partition coefficient (Wildman–Crippen LogP) is 4.81. The largest absolute Gasteiger partial charge is 0.295 e. The van der Waals surface area contributed by atoms with E-state index in [4.69, 9.17) is 0 Å². The maximum atomic E-state index is 12.0. The summed E-state index contributed by atoms with van der Waals surface area (Å²) in [5.74, 6) is 0.419. The van der Waals surface area contributed by atoms with Crippen LogP contribution in [0, 0.1) is 0 Å². The van der Waals surface area contributed by atoms with Gasteiger partial charge in [0.15, 0.2) is 5.78 Å². The molecule has 0 aliphatic heterocycles. The van der Waals surface area contributed by atoms with Crippen molar-refractivity contribution >= 4 is 5.78 Å². The minimum absolute atomic E-state index is 0.419. The standard InChI is InChI=1S/C15H26O/c1-2-11-14-12-9-7-5-3-4-6-8-10-13-15(14)16/h11H,2-10,12-13H2,1H3/b14-11+. The number of allylic oxidation sites excluding steroid dienone is 2. The van der Waals surface area contributed by atoms with Gasteiger partial charge in [-0.25, -0.2) is 0 Å². The highest BCUT2D eigenvalue weighted by Gasteiger charge is 2.09. The third-order valence-corrected chi connectivity index (χ3v) is 3.41. The van der Waals surface area contributed by atoms with Gasteiger partial charge in [0, 0.05) is 6.42 Å². The number of rotatable bonds is 1. The molecule has 1 aliphatic carbocycles. The molecule has 0 saturated heterocycles. The molecule has 0 aromatic carbocycles. The molecule has 0 amide bonds. The Balaban J connectivity index is 2.46. The molecule has 0 aromatic heterocycles. The molecule has 1 nitrogen and oxygen atoms in total. The van der Waals surface area contributed by atoms with Crippen molar-refractivity contribution in [3.05, 3.63) is 11.6 Å². The second-order valence-electron chi connectivity index (χ2n) is 4.89. The van der Waals surface area contributed by atoms with Gasteiger partial charge < -0.3 is 0 Å². The van der Waals surface area contributed by atoms with Crippen LogP contribution in [-0.2, 0) is 4.79 Å². The molecule has 1 saturated carbocycles. The Hall–Kier alpha value is -0.590. The van der Waals surface area contributed by atoms with E-state index in [9.17, 15) is 4.79 Å². The topological polar surface area (TPSA) is 17.1 Å². The van der Waals surface area contributed by atoms with Crippen molar-refractivity contribution in [2.24, 2.45) is 0 Å². The van der Waals surface area contributed by atoms with E-state index in [2.05, 4.69) is 13.0 Å². The fourth-order valence-corrected chi connectivity index (χ4v) is 2.42. The number of carbonyl (C=O) groups excluding carboxylic acids is 1. The first kappa shape index (κ1) is 13.5. The van der Waals surface area contributed by atoms with Gasteiger partial charge in [0.1, 0.15) is 0 Å². The Morgan fingerprint density at radius 3 is 1.94 bits per heavy atom. The first-order valence-corrected chi connectivity index (χ1v) is 7.07. The predicted molar refractivity (Wildman–Crippen MR) is 69.6 cm³/mol. The molecule has 0 unspecified atom stereocenters. The molecule has 0 spiro atoms. The van der Waals surface area contributed by atoms with E-state index in [1.807, 2.05) is 0 Å². The third-order valence-electron chi connectivity index (χ3n) is 3.41. The maximum Gasteiger partial charge on any atom is 0.158 e. The lowest BCUT2D eigenvalue weighted by Crippen LogP contribution is -2.03. The SMILES string of the molecule is CC/C=C1\CCCCCCCCCCC1=O. The molecule has 1 fully saturated rings.